The zero-order chi connectivity index (χ0) is 14.4. The molecule has 0 bridgehead atoms. The number of rotatable bonds is 2. The van der Waals surface area contributed by atoms with Crippen LogP contribution in [0.4, 0.5) is 5.69 Å². The van der Waals surface area contributed by atoms with Gasteiger partial charge in [0.15, 0.2) is 9.84 Å². The second-order valence-electron chi connectivity index (χ2n) is 5.06. The molecule has 0 fully saturated rings. The molecule has 0 radical (unpaired) electrons. The minimum absolute atomic E-state index is 0.0459. The molecule has 104 valence electrons. The van der Waals surface area contributed by atoms with Gasteiger partial charge < -0.3 is 10.0 Å². The molecule has 1 atom stereocenters. The van der Waals surface area contributed by atoms with Gasteiger partial charge in [0.2, 0.25) is 0 Å². The highest BCUT2D eigenvalue weighted by molar-refractivity contribution is 7.91. The summed E-state index contributed by atoms with van der Waals surface area (Å²) in [5.41, 5.74) is 2.36. The highest BCUT2D eigenvalue weighted by Gasteiger charge is 2.34. The van der Waals surface area contributed by atoms with Crippen LogP contribution in [0.15, 0.2) is 17.0 Å². The fraction of sp³-hybridized carbons (Fsp3) is 0.462. The molecule has 1 aliphatic rings. The van der Waals surface area contributed by atoms with Crippen molar-refractivity contribution in [2.75, 3.05) is 17.2 Å². The number of hydrogen-bond donors (Lipinski definition) is 1. The lowest BCUT2D eigenvalue weighted by Gasteiger charge is -2.36. The van der Waals surface area contributed by atoms with Crippen LogP contribution < -0.4 is 4.90 Å². The molecule has 19 heavy (non-hydrogen) atoms. The molecule has 5 nitrogen and oxygen atoms in total. The molecule has 0 spiro atoms. The molecule has 1 aromatic carbocycles. The average Bonchev–Trinajstić information content (AvgIpc) is 2.26. The molecule has 1 aliphatic heterocycles. The van der Waals surface area contributed by atoms with Crippen molar-refractivity contribution in [2.24, 2.45) is 0 Å². The van der Waals surface area contributed by atoms with E-state index in [1.54, 1.807) is 24.0 Å². The van der Waals surface area contributed by atoms with Gasteiger partial charge in [-0.3, -0.25) is 4.79 Å². The minimum atomic E-state index is -3.33. The van der Waals surface area contributed by atoms with E-state index < -0.39 is 15.8 Å². The third-order valence-electron chi connectivity index (χ3n) is 3.52. The van der Waals surface area contributed by atoms with Crippen LogP contribution in [0.1, 0.15) is 18.1 Å². The number of anilines is 1. The van der Waals surface area contributed by atoms with Gasteiger partial charge in [-0.25, -0.2) is 8.42 Å². The topological polar surface area (TPSA) is 74.7 Å². The standard InChI is InChI=1S/C13H17NO4S/c1-8-4-11-12(5-9(8)2)19(17,18)7-10(3)14(11)6-13(15)16/h4-5,10H,6-7H2,1-3H3,(H,15,16). The average molecular weight is 283 g/mol. The molecule has 0 aliphatic carbocycles. The van der Waals surface area contributed by atoms with Crippen LogP contribution in [0.25, 0.3) is 0 Å². The van der Waals surface area contributed by atoms with E-state index in [0.29, 0.717) is 5.69 Å². The van der Waals surface area contributed by atoms with Gasteiger partial charge >= 0.3 is 5.97 Å². The molecule has 0 saturated heterocycles. The summed E-state index contributed by atoms with van der Waals surface area (Å²) in [4.78, 5) is 12.8. The van der Waals surface area contributed by atoms with Crippen LogP contribution >= 0.6 is 0 Å². The molecule has 0 amide bonds. The third-order valence-corrected chi connectivity index (χ3v) is 5.44. The van der Waals surface area contributed by atoms with E-state index in [2.05, 4.69) is 0 Å². The first-order valence-electron chi connectivity index (χ1n) is 6.05. The van der Waals surface area contributed by atoms with E-state index in [1.807, 2.05) is 13.8 Å². The number of aryl methyl sites for hydroxylation is 2. The van der Waals surface area contributed by atoms with Gasteiger partial charge in [0.1, 0.15) is 6.54 Å². The van der Waals surface area contributed by atoms with Gasteiger partial charge in [-0.1, -0.05) is 0 Å². The zero-order valence-corrected chi connectivity index (χ0v) is 12.0. The van der Waals surface area contributed by atoms with Gasteiger partial charge in [-0.05, 0) is 44.0 Å². The fourth-order valence-electron chi connectivity index (χ4n) is 2.37. The second-order valence-corrected chi connectivity index (χ2v) is 7.06. The number of carboxylic acids is 1. The van der Waals surface area contributed by atoms with Crippen LogP contribution in [-0.4, -0.2) is 37.8 Å². The van der Waals surface area contributed by atoms with Crippen molar-refractivity contribution in [3.05, 3.63) is 23.3 Å². The number of benzene rings is 1. The van der Waals surface area contributed by atoms with Crippen molar-refractivity contribution in [3.63, 3.8) is 0 Å². The minimum Gasteiger partial charge on any atom is -0.480 e. The van der Waals surface area contributed by atoms with E-state index in [9.17, 15) is 13.2 Å². The van der Waals surface area contributed by atoms with Gasteiger partial charge in [0.25, 0.3) is 0 Å². The number of sulfone groups is 1. The Morgan fingerprint density at radius 1 is 1.37 bits per heavy atom. The summed E-state index contributed by atoms with van der Waals surface area (Å²) in [5.74, 6) is -1.01. The summed E-state index contributed by atoms with van der Waals surface area (Å²) >= 11 is 0. The number of fused-ring (bicyclic) bond motifs is 1. The Morgan fingerprint density at radius 2 is 1.95 bits per heavy atom. The summed E-state index contributed by atoms with van der Waals surface area (Å²) in [7, 11) is -3.33. The summed E-state index contributed by atoms with van der Waals surface area (Å²) in [6.45, 7) is 5.29. The molecule has 1 N–H and O–H groups in total. The maximum Gasteiger partial charge on any atom is 0.323 e. The summed E-state index contributed by atoms with van der Waals surface area (Å²) < 4.78 is 24.4. The molecule has 1 aromatic rings. The summed E-state index contributed by atoms with van der Waals surface area (Å²) in [5, 5.41) is 8.97. The molecule has 0 saturated carbocycles. The highest BCUT2D eigenvalue weighted by Crippen LogP contribution is 2.35. The van der Waals surface area contributed by atoms with E-state index in [4.69, 9.17) is 5.11 Å². The maximum absolute atomic E-state index is 12.2. The van der Waals surface area contributed by atoms with Crippen LogP contribution in [-0.2, 0) is 14.6 Å². The van der Waals surface area contributed by atoms with Gasteiger partial charge in [-0.2, -0.15) is 0 Å². The Kier molecular flexibility index (Phi) is 3.30. The molecule has 0 aromatic heterocycles. The predicted molar refractivity (Wildman–Crippen MR) is 72.4 cm³/mol. The number of nitrogens with zero attached hydrogens (tertiary/aromatic N) is 1. The number of aliphatic carboxylic acids is 1. The Hall–Kier alpha value is -1.56. The first kappa shape index (κ1) is 13.9. The maximum atomic E-state index is 12.2. The molecule has 1 heterocycles. The Balaban J connectivity index is 2.65. The first-order valence-corrected chi connectivity index (χ1v) is 7.70. The van der Waals surface area contributed by atoms with Crippen LogP contribution in [0.3, 0.4) is 0 Å². The van der Waals surface area contributed by atoms with Crippen molar-refractivity contribution in [3.8, 4) is 0 Å². The number of hydrogen-bond acceptors (Lipinski definition) is 4. The monoisotopic (exact) mass is 283 g/mol. The Morgan fingerprint density at radius 3 is 2.53 bits per heavy atom. The first-order chi connectivity index (χ1) is 8.72. The lowest BCUT2D eigenvalue weighted by atomic mass is 10.1. The molecule has 1 unspecified atom stereocenters. The van der Waals surface area contributed by atoms with Crippen LogP contribution in [0.2, 0.25) is 0 Å². The van der Waals surface area contributed by atoms with E-state index in [-0.39, 0.29) is 23.2 Å². The molecule has 6 heteroatoms. The summed E-state index contributed by atoms with van der Waals surface area (Å²) in [6.07, 6.45) is 0. The lowest BCUT2D eigenvalue weighted by molar-refractivity contribution is -0.135. The van der Waals surface area contributed by atoms with Crippen molar-refractivity contribution in [1.82, 2.24) is 0 Å². The van der Waals surface area contributed by atoms with Crippen molar-refractivity contribution < 1.29 is 18.3 Å². The molecule has 2 rings (SSSR count). The number of carboxylic acid groups (broad SMARTS) is 1. The smallest absolute Gasteiger partial charge is 0.323 e. The lowest BCUT2D eigenvalue weighted by Crippen LogP contribution is -2.45. The third kappa shape index (κ3) is 2.45. The summed E-state index contributed by atoms with van der Waals surface area (Å²) in [6, 6.07) is 3.07. The normalized spacial score (nSPS) is 21.0. The fourth-order valence-corrected chi connectivity index (χ4v) is 4.22. The van der Waals surface area contributed by atoms with E-state index >= 15 is 0 Å². The SMILES string of the molecule is Cc1cc2c(cc1C)S(=O)(=O)CC(C)N2CC(=O)O. The van der Waals surface area contributed by atoms with Crippen molar-refractivity contribution >= 4 is 21.5 Å². The Labute approximate surface area is 112 Å². The van der Waals surface area contributed by atoms with Crippen LogP contribution in [0, 0.1) is 13.8 Å². The van der Waals surface area contributed by atoms with Gasteiger partial charge in [0.05, 0.1) is 16.3 Å². The van der Waals surface area contributed by atoms with Gasteiger partial charge in [-0.15, -0.1) is 0 Å². The quantitative estimate of drug-likeness (QED) is 0.887. The van der Waals surface area contributed by atoms with E-state index in [0.717, 1.165) is 11.1 Å². The van der Waals surface area contributed by atoms with Crippen molar-refractivity contribution in [2.45, 2.75) is 31.7 Å². The van der Waals surface area contributed by atoms with Gasteiger partial charge in [0, 0.05) is 6.04 Å². The number of carbonyl (C=O) groups is 1. The van der Waals surface area contributed by atoms with E-state index in [1.165, 1.54) is 0 Å². The highest BCUT2D eigenvalue weighted by atomic mass is 32.2. The van der Waals surface area contributed by atoms with Crippen LogP contribution in [0.5, 0.6) is 0 Å². The molecular formula is C13H17NO4S. The largest absolute Gasteiger partial charge is 0.480 e. The predicted octanol–water partition coefficient (Wildman–Crippen LogP) is 1.37. The molecular weight excluding hydrogens is 266 g/mol. The van der Waals surface area contributed by atoms with Crippen molar-refractivity contribution in [1.29, 1.82) is 0 Å². The Bertz CT molecular complexity index is 636. The zero-order valence-electron chi connectivity index (χ0n) is 11.2. The second kappa shape index (κ2) is 4.52.